The molecule has 0 fully saturated rings. The van der Waals surface area contributed by atoms with Gasteiger partial charge < -0.3 is 5.32 Å². The van der Waals surface area contributed by atoms with E-state index in [2.05, 4.69) is 21.2 Å². The van der Waals surface area contributed by atoms with Crippen molar-refractivity contribution in [3.63, 3.8) is 0 Å². The van der Waals surface area contributed by atoms with Gasteiger partial charge in [-0.05, 0) is 18.1 Å². The topological polar surface area (TPSA) is 12.0 Å². The Bertz CT molecular complexity index is 303. The normalized spacial score (nSPS) is 10.7. The zero-order valence-electron chi connectivity index (χ0n) is 8.07. The third kappa shape index (κ3) is 2.94. The first-order valence-corrected chi connectivity index (χ1v) is 5.18. The van der Waals surface area contributed by atoms with Crippen molar-refractivity contribution in [3.05, 3.63) is 28.2 Å². The summed E-state index contributed by atoms with van der Waals surface area (Å²) in [4.78, 5) is 0. The number of benzene rings is 1. The summed E-state index contributed by atoms with van der Waals surface area (Å²) in [6.45, 7) is 4.50. The van der Waals surface area contributed by atoms with Gasteiger partial charge in [-0.3, -0.25) is 0 Å². The molecule has 0 heterocycles. The van der Waals surface area contributed by atoms with E-state index in [-0.39, 0.29) is 5.69 Å². The molecule has 0 radical (unpaired) electrons. The first kappa shape index (κ1) is 11.4. The van der Waals surface area contributed by atoms with Gasteiger partial charge in [0.05, 0.1) is 0 Å². The Labute approximate surface area is 90.6 Å². The van der Waals surface area contributed by atoms with Gasteiger partial charge in [-0.15, -0.1) is 0 Å². The predicted molar refractivity (Wildman–Crippen MR) is 57.4 cm³/mol. The van der Waals surface area contributed by atoms with Crippen LogP contribution in [0.15, 0.2) is 16.6 Å². The van der Waals surface area contributed by atoms with Crippen LogP contribution in [0.4, 0.5) is 14.5 Å². The maximum absolute atomic E-state index is 13.2. The van der Waals surface area contributed by atoms with Gasteiger partial charge in [0.25, 0.3) is 0 Å². The van der Waals surface area contributed by atoms with Crippen LogP contribution in [0.25, 0.3) is 0 Å². The fraction of sp³-hybridized carbons (Fsp3) is 0.400. The number of anilines is 1. The molecule has 4 heteroatoms. The van der Waals surface area contributed by atoms with Crippen LogP contribution in [0.5, 0.6) is 0 Å². The molecule has 0 aromatic heterocycles. The van der Waals surface area contributed by atoms with Gasteiger partial charge in [-0.25, -0.2) is 8.78 Å². The van der Waals surface area contributed by atoms with Gasteiger partial charge in [0.1, 0.15) is 17.3 Å². The lowest BCUT2D eigenvalue weighted by molar-refractivity contribution is 0.581. The van der Waals surface area contributed by atoms with Crippen LogP contribution in [0.1, 0.15) is 13.8 Å². The second-order valence-corrected chi connectivity index (χ2v) is 4.43. The number of halogens is 3. The minimum Gasteiger partial charge on any atom is -0.380 e. The SMILES string of the molecule is CC(C)CNc1c(F)cc(Br)cc1F. The summed E-state index contributed by atoms with van der Waals surface area (Å²) in [7, 11) is 0. The number of hydrogen-bond acceptors (Lipinski definition) is 1. The largest absolute Gasteiger partial charge is 0.380 e. The molecule has 0 atom stereocenters. The molecule has 0 saturated heterocycles. The second kappa shape index (κ2) is 4.73. The Morgan fingerprint density at radius 1 is 1.29 bits per heavy atom. The Balaban J connectivity index is 2.86. The number of hydrogen-bond donors (Lipinski definition) is 1. The smallest absolute Gasteiger partial charge is 0.150 e. The first-order valence-electron chi connectivity index (χ1n) is 4.39. The number of rotatable bonds is 3. The van der Waals surface area contributed by atoms with Crippen molar-refractivity contribution in [1.82, 2.24) is 0 Å². The van der Waals surface area contributed by atoms with Crippen molar-refractivity contribution in [2.45, 2.75) is 13.8 Å². The summed E-state index contributed by atoms with van der Waals surface area (Å²) in [6.07, 6.45) is 0. The molecule has 14 heavy (non-hydrogen) atoms. The van der Waals surface area contributed by atoms with Crippen LogP contribution in [0.2, 0.25) is 0 Å². The summed E-state index contributed by atoms with van der Waals surface area (Å²) < 4.78 is 26.9. The highest BCUT2D eigenvalue weighted by Gasteiger charge is 2.09. The molecular formula is C10H12BrF2N. The predicted octanol–water partition coefficient (Wildman–Crippen LogP) is 3.80. The monoisotopic (exact) mass is 263 g/mol. The Morgan fingerprint density at radius 2 is 1.79 bits per heavy atom. The maximum atomic E-state index is 13.2. The first-order chi connectivity index (χ1) is 6.50. The molecule has 0 saturated carbocycles. The third-order valence-corrected chi connectivity index (χ3v) is 2.15. The van der Waals surface area contributed by atoms with Crippen LogP contribution in [0.3, 0.4) is 0 Å². The average Bonchev–Trinajstić information content (AvgIpc) is 2.01. The average molecular weight is 264 g/mol. The summed E-state index contributed by atoms with van der Waals surface area (Å²) in [6, 6.07) is 2.48. The van der Waals surface area contributed by atoms with E-state index in [1.807, 2.05) is 13.8 Å². The fourth-order valence-corrected chi connectivity index (χ4v) is 1.42. The van der Waals surface area contributed by atoms with Crippen molar-refractivity contribution in [1.29, 1.82) is 0 Å². The van der Waals surface area contributed by atoms with Gasteiger partial charge in [-0.1, -0.05) is 29.8 Å². The molecular weight excluding hydrogens is 252 g/mol. The van der Waals surface area contributed by atoms with Gasteiger partial charge in [0.15, 0.2) is 0 Å². The van der Waals surface area contributed by atoms with E-state index in [4.69, 9.17) is 0 Å². The van der Waals surface area contributed by atoms with Crippen molar-refractivity contribution >= 4 is 21.6 Å². The Hall–Kier alpha value is -0.640. The van der Waals surface area contributed by atoms with Gasteiger partial charge in [-0.2, -0.15) is 0 Å². The van der Waals surface area contributed by atoms with Crippen LogP contribution in [0, 0.1) is 17.6 Å². The van der Waals surface area contributed by atoms with Crippen LogP contribution in [-0.4, -0.2) is 6.54 Å². The zero-order valence-corrected chi connectivity index (χ0v) is 9.66. The molecule has 1 aromatic carbocycles. The molecule has 0 aliphatic rings. The van der Waals surface area contributed by atoms with Crippen LogP contribution < -0.4 is 5.32 Å². The second-order valence-electron chi connectivity index (χ2n) is 3.52. The van der Waals surface area contributed by atoms with Gasteiger partial charge in [0.2, 0.25) is 0 Å². The minimum absolute atomic E-state index is 0.0538. The molecule has 78 valence electrons. The van der Waals surface area contributed by atoms with Crippen LogP contribution in [-0.2, 0) is 0 Å². The van der Waals surface area contributed by atoms with Gasteiger partial charge in [0, 0.05) is 11.0 Å². The summed E-state index contributed by atoms with van der Waals surface area (Å²) in [5, 5.41) is 2.74. The van der Waals surface area contributed by atoms with Crippen LogP contribution >= 0.6 is 15.9 Å². The van der Waals surface area contributed by atoms with Crippen molar-refractivity contribution in [2.75, 3.05) is 11.9 Å². The minimum atomic E-state index is -0.572. The van der Waals surface area contributed by atoms with E-state index < -0.39 is 11.6 Å². The lowest BCUT2D eigenvalue weighted by atomic mass is 10.2. The number of nitrogens with one attached hydrogen (secondary N) is 1. The van der Waals surface area contributed by atoms with Crippen molar-refractivity contribution in [3.8, 4) is 0 Å². The zero-order chi connectivity index (χ0) is 10.7. The fourth-order valence-electron chi connectivity index (χ4n) is 1.02. The molecule has 0 spiro atoms. The van der Waals surface area contributed by atoms with E-state index >= 15 is 0 Å². The summed E-state index contributed by atoms with van der Waals surface area (Å²) in [5.41, 5.74) is -0.0538. The summed E-state index contributed by atoms with van der Waals surface area (Å²) >= 11 is 3.02. The molecule has 1 aromatic rings. The molecule has 0 unspecified atom stereocenters. The molecule has 0 aliphatic heterocycles. The Kier molecular flexibility index (Phi) is 3.86. The highest BCUT2D eigenvalue weighted by Crippen LogP contribution is 2.23. The molecule has 1 nitrogen and oxygen atoms in total. The lowest BCUT2D eigenvalue weighted by Crippen LogP contribution is -2.10. The van der Waals surface area contributed by atoms with E-state index in [0.717, 1.165) is 0 Å². The maximum Gasteiger partial charge on any atom is 0.150 e. The van der Waals surface area contributed by atoms with E-state index in [1.165, 1.54) is 12.1 Å². The van der Waals surface area contributed by atoms with E-state index in [0.29, 0.717) is 16.9 Å². The molecule has 0 aliphatic carbocycles. The highest BCUT2D eigenvalue weighted by atomic mass is 79.9. The van der Waals surface area contributed by atoms with Crippen molar-refractivity contribution in [2.24, 2.45) is 5.92 Å². The molecule has 0 amide bonds. The quantitative estimate of drug-likeness (QED) is 0.875. The van der Waals surface area contributed by atoms with E-state index in [1.54, 1.807) is 0 Å². The standard InChI is InChI=1S/C10H12BrF2N/c1-6(2)5-14-10-8(12)3-7(11)4-9(10)13/h3-4,6,14H,5H2,1-2H3. The summed E-state index contributed by atoms with van der Waals surface area (Å²) in [5.74, 6) is -0.799. The van der Waals surface area contributed by atoms with E-state index in [9.17, 15) is 8.78 Å². The molecule has 0 bridgehead atoms. The third-order valence-electron chi connectivity index (χ3n) is 1.69. The molecule has 1 rings (SSSR count). The highest BCUT2D eigenvalue weighted by molar-refractivity contribution is 9.10. The lowest BCUT2D eigenvalue weighted by Gasteiger charge is -2.10. The molecule has 1 N–H and O–H groups in total. The Morgan fingerprint density at radius 3 is 2.21 bits per heavy atom. The van der Waals surface area contributed by atoms with Crippen molar-refractivity contribution < 1.29 is 8.78 Å². The van der Waals surface area contributed by atoms with Gasteiger partial charge >= 0.3 is 0 Å².